The summed E-state index contributed by atoms with van der Waals surface area (Å²) in [6.45, 7) is 8.19. The molecule has 66 heavy (non-hydrogen) atoms. The van der Waals surface area contributed by atoms with E-state index in [1.807, 2.05) is 70.2 Å². The van der Waals surface area contributed by atoms with Crippen LogP contribution in [0.5, 0.6) is 11.5 Å². The first-order chi connectivity index (χ1) is 32.1. The van der Waals surface area contributed by atoms with E-state index in [2.05, 4.69) is 20.0 Å². The standard InChI is InChI=1S/C50H57N9O7/c51-47(63)45-46(33-6-10-38(11-7-33)66-37-4-2-1-3-5-37)53-59-41(14-20-52-48(45)59)32-15-24-57(25-16-32)44(62)19-23-54-21-17-34(18-22-54)55-26-28-56(29-27-55)35-8-12-39-40(30-35)50(65)58(49(39)64)42-13-9-36(60)31-43(42)61/h1-8,10-12,30,32,34,41-42,52H,9,13-29,31H2,(H2,51,63)/t41-,42?/m0/s1. The third kappa shape index (κ3) is 8.59. The van der Waals surface area contributed by atoms with E-state index in [1.54, 1.807) is 12.1 Å². The highest BCUT2D eigenvalue weighted by molar-refractivity contribution is 6.24. The molecule has 3 N–H and O–H groups in total. The van der Waals surface area contributed by atoms with Gasteiger partial charge in [-0.05, 0) is 112 Å². The number of piperazine rings is 1. The molecule has 6 heterocycles. The van der Waals surface area contributed by atoms with E-state index in [-0.39, 0.29) is 42.8 Å². The number of amides is 4. The molecule has 0 bridgehead atoms. The predicted molar refractivity (Wildman–Crippen MR) is 247 cm³/mol. The molecule has 10 rings (SSSR count). The van der Waals surface area contributed by atoms with E-state index >= 15 is 0 Å². The molecule has 1 aliphatic carbocycles. The third-order valence-electron chi connectivity index (χ3n) is 14.8. The van der Waals surface area contributed by atoms with Crippen molar-refractivity contribution in [2.75, 3.05) is 75.7 Å². The van der Waals surface area contributed by atoms with Crippen LogP contribution in [-0.2, 0) is 14.4 Å². The molecule has 4 aromatic rings. The molecule has 1 aromatic heterocycles. The molecule has 3 aromatic carbocycles. The van der Waals surface area contributed by atoms with Gasteiger partial charge in [0.1, 0.15) is 34.4 Å². The van der Waals surface area contributed by atoms with Crippen molar-refractivity contribution >= 4 is 46.7 Å². The number of aromatic nitrogens is 2. The summed E-state index contributed by atoms with van der Waals surface area (Å²) in [5.41, 5.74) is 9.26. The molecule has 2 atom stereocenters. The molecule has 4 amide bonds. The van der Waals surface area contributed by atoms with Gasteiger partial charge < -0.3 is 30.5 Å². The Morgan fingerprint density at radius 3 is 2.18 bits per heavy atom. The molecule has 16 nitrogen and oxygen atoms in total. The lowest BCUT2D eigenvalue weighted by molar-refractivity contribution is -0.134. The average Bonchev–Trinajstić information content (AvgIpc) is 3.86. The number of hydrogen-bond acceptors (Lipinski definition) is 12. The first-order valence-corrected chi connectivity index (χ1v) is 23.6. The molecule has 0 radical (unpaired) electrons. The van der Waals surface area contributed by atoms with Gasteiger partial charge in [-0.15, -0.1) is 0 Å². The Balaban J connectivity index is 0.672. The van der Waals surface area contributed by atoms with Gasteiger partial charge in [0, 0.05) is 82.5 Å². The number of ether oxygens (including phenoxy) is 1. The Kier molecular flexibility index (Phi) is 12.2. The SMILES string of the molecule is NC(=O)c1c(-c2ccc(Oc3ccccc3)cc2)nn2c1NCC[C@H]2C1CCN(C(=O)CCN2CCC(N3CCN(c4ccc5c(c4)C(=O)N(C4CCC(=O)CC4=O)C5=O)CC3)CC2)CC1. The summed E-state index contributed by atoms with van der Waals surface area (Å²) >= 11 is 0. The second-order valence-corrected chi connectivity index (χ2v) is 18.6. The number of rotatable bonds is 11. The van der Waals surface area contributed by atoms with E-state index in [4.69, 9.17) is 15.6 Å². The van der Waals surface area contributed by atoms with Crippen LogP contribution < -0.4 is 20.7 Å². The molecular formula is C50H57N9O7. The highest BCUT2D eigenvalue weighted by Crippen LogP contribution is 2.41. The molecule has 16 heteroatoms. The fourth-order valence-corrected chi connectivity index (χ4v) is 11.1. The summed E-state index contributed by atoms with van der Waals surface area (Å²) in [6, 6.07) is 22.2. The lowest BCUT2D eigenvalue weighted by Crippen LogP contribution is -2.53. The first-order valence-electron chi connectivity index (χ1n) is 23.6. The summed E-state index contributed by atoms with van der Waals surface area (Å²) < 4.78 is 7.95. The van der Waals surface area contributed by atoms with E-state index in [0.717, 1.165) is 99.8 Å². The predicted octanol–water partition coefficient (Wildman–Crippen LogP) is 5.00. The van der Waals surface area contributed by atoms with Crippen LogP contribution in [0.1, 0.15) is 94.9 Å². The number of benzene rings is 3. The van der Waals surface area contributed by atoms with Crippen molar-refractivity contribution in [3.63, 3.8) is 0 Å². The van der Waals surface area contributed by atoms with Gasteiger partial charge in [0.15, 0.2) is 5.78 Å². The number of anilines is 2. The number of hydrogen-bond donors (Lipinski definition) is 2. The highest BCUT2D eigenvalue weighted by atomic mass is 16.5. The number of carbonyl (C=O) groups excluding carboxylic acids is 6. The topological polar surface area (TPSA) is 184 Å². The normalized spacial score (nSPS) is 22.3. The van der Waals surface area contributed by atoms with Gasteiger partial charge in [0.2, 0.25) is 5.91 Å². The van der Waals surface area contributed by atoms with E-state index < -0.39 is 23.8 Å². The quantitative estimate of drug-likeness (QED) is 0.152. The van der Waals surface area contributed by atoms with Gasteiger partial charge in [-0.25, -0.2) is 4.68 Å². The lowest BCUT2D eigenvalue weighted by Gasteiger charge is -2.43. The second kappa shape index (κ2) is 18.5. The van der Waals surface area contributed by atoms with E-state index in [9.17, 15) is 28.8 Å². The fourth-order valence-electron chi connectivity index (χ4n) is 11.1. The van der Waals surface area contributed by atoms with Crippen molar-refractivity contribution < 1.29 is 33.5 Å². The maximum Gasteiger partial charge on any atom is 0.262 e. The Labute approximate surface area is 384 Å². The molecule has 0 spiro atoms. The Morgan fingerprint density at radius 1 is 0.758 bits per heavy atom. The minimum absolute atomic E-state index is 0.0915. The van der Waals surface area contributed by atoms with Crippen LogP contribution in [0.15, 0.2) is 72.8 Å². The Bertz CT molecular complexity index is 2520. The number of carbonyl (C=O) groups is 6. The summed E-state index contributed by atoms with van der Waals surface area (Å²) in [5.74, 6) is 0.679. The summed E-state index contributed by atoms with van der Waals surface area (Å²) in [6.07, 6.45) is 5.39. The van der Waals surface area contributed by atoms with Gasteiger partial charge in [0.25, 0.3) is 17.7 Å². The highest BCUT2D eigenvalue weighted by Gasteiger charge is 2.45. The molecule has 4 fully saturated rings. The van der Waals surface area contributed by atoms with Crippen LogP contribution in [0.25, 0.3) is 11.3 Å². The monoisotopic (exact) mass is 895 g/mol. The van der Waals surface area contributed by atoms with Crippen LogP contribution >= 0.6 is 0 Å². The molecule has 6 aliphatic rings. The molecule has 1 saturated carbocycles. The Morgan fingerprint density at radius 2 is 1.47 bits per heavy atom. The molecular weight excluding hydrogens is 839 g/mol. The third-order valence-corrected chi connectivity index (χ3v) is 14.8. The molecule has 1 unspecified atom stereocenters. The van der Waals surface area contributed by atoms with Crippen LogP contribution in [0.4, 0.5) is 11.5 Å². The van der Waals surface area contributed by atoms with Crippen LogP contribution in [-0.4, -0.2) is 142 Å². The Hall–Kier alpha value is -6.39. The minimum Gasteiger partial charge on any atom is -0.457 e. The van der Waals surface area contributed by atoms with Crippen molar-refractivity contribution in [2.24, 2.45) is 11.7 Å². The summed E-state index contributed by atoms with van der Waals surface area (Å²) in [5, 5.41) is 8.42. The molecule has 5 aliphatic heterocycles. The van der Waals surface area contributed by atoms with Gasteiger partial charge in [-0.1, -0.05) is 18.2 Å². The van der Waals surface area contributed by atoms with Gasteiger partial charge in [0.05, 0.1) is 29.6 Å². The fraction of sp³-hybridized carbons (Fsp3) is 0.460. The number of para-hydroxylation sites is 1. The number of imide groups is 1. The summed E-state index contributed by atoms with van der Waals surface area (Å²) in [4.78, 5) is 87.7. The smallest absolute Gasteiger partial charge is 0.262 e. The zero-order valence-electron chi connectivity index (χ0n) is 37.2. The van der Waals surface area contributed by atoms with Crippen molar-refractivity contribution in [2.45, 2.75) is 75.9 Å². The number of Topliss-reactive ketones (excluding diaryl/α,β-unsaturated/α-hetero) is 2. The van der Waals surface area contributed by atoms with Crippen LogP contribution in [0, 0.1) is 5.92 Å². The van der Waals surface area contributed by atoms with Gasteiger partial charge in [-0.3, -0.25) is 38.6 Å². The number of ketones is 2. The van der Waals surface area contributed by atoms with Crippen molar-refractivity contribution in [3.8, 4) is 22.8 Å². The summed E-state index contributed by atoms with van der Waals surface area (Å²) in [7, 11) is 0. The van der Waals surface area contributed by atoms with Crippen molar-refractivity contribution in [3.05, 3.63) is 89.5 Å². The van der Waals surface area contributed by atoms with Gasteiger partial charge in [-0.2, -0.15) is 5.10 Å². The molecule has 3 saturated heterocycles. The number of nitrogens with two attached hydrogens (primary N) is 1. The number of nitrogens with zero attached hydrogens (tertiary/aromatic N) is 7. The zero-order chi connectivity index (χ0) is 45.5. The lowest BCUT2D eigenvalue weighted by atomic mass is 9.86. The van der Waals surface area contributed by atoms with Crippen molar-refractivity contribution in [1.29, 1.82) is 0 Å². The van der Waals surface area contributed by atoms with Crippen molar-refractivity contribution in [1.82, 2.24) is 29.4 Å². The maximum atomic E-state index is 13.5. The van der Waals surface area contributed by atoms with Crippen LogP contribution in [0.2, 0.25) is 0 Å². The van der Waals surface area contributed by atoms with E-state index in [0.29, 0.717) is 72.0 Å². The molecule has 344 valence electrons. The average molecular weight is 896 g/mol. The maximum absolute atomic E-state index is 13.5. The van der Waals surface area contributed by atoms with Crippen LogP contribution in [0.3, 0.4) is 0 Å². The number of likely N-dealkylation sites (tertiary alicyclic amines) is 2. The number of fused-ring (bicyclic) bond motifs is 2. The van der Waals surface area contributed by atoms with Gasteiger partial charge >= 0.3 is 0 Å². The zero-order valence-corrected chi connectivity index (χ0v) is 37.2. The number of primary amides is 1. The minimum atomic E-state index is -0.869. The van der Waals surface area contributed by atoms with E-state index in [1.165, 1.54) is 0 Å². The number of piperidine rings is 2. The second-order valence-electron chi connectivity index (χ2n) is 18.6. The first kappa shape index (κ1) is 43.5. The number of nitrogens with one attached hydrogen (secondary N) is 1. The largest absolute Gasteiger partial charge is 0.457 e.